The van der Waals surface area contributed by atoms with Crippen molar-refractivity contribution in [2.75, 3.05) is 24.1 Å². The fraction of sp³-hybridized carbons (Fsp3) is 0.444. The molecule has 1 fully saturated rings. The molecule has 9 nitrogen and oxygen atoms in total. The minimum Gasteiger partial charge on any atom is -0.481 e. The molecule has 1 aromatic carbocycles. The average Bonchev–Trinajstić information content (AvgIpc) is 3.67. The standard InChI is InChI=1S/C27H29ClFN5O4S/c1-39(36,37)32-22-10-9-21(27(28)31-22)38-15-24(35)34-13-11-20-26(33-12-3-2-4-23(33)30-20)25(34)18-8-7-17(14-19(18)29)16-5-6-16/h7-10,14,16,25H,2-6,11-13,15H2,1H3,(H,31,32). The highest BCUT2D eigenvalue weighted by molar-refractivity contribution is 7.92. The van der Waals surface area contributed by atoms with Gasteiger partial charge < -0.3 is 14.2 Å². The van der Waals surface area contributed by atoms with Crippen LogP contribution in [-0.2, 0) is 34.2 Å². The summed E-state index contributed by atoms with van der Waals surface area (Å²) in [5.41, 5.74) is 3.27. The fourth-order valence-corrected chi connectivity index (χ4v) is 6.27. The molecule has 2 aliphatic heterocycles. The Balaban J connectivity index is 1.29. The number of sulfonamides is 1. The Bertz CT molecular complexity index is 1560. The lowest BCUT2D eigenvalue weighted by Crippen LogP contribution is -2.44. The lowest BCUT2D eigenvalue weighted by molar-refractivity contribution is -0.135. The Labute approximate surface area is 231 Å². The zero-order valence-corrected chi connectivity index (χ0v) is 23.1. The number of hydrogen-bond donors (Lipinski definition) is 1. The third-order valence-electron chi connectivity index (χ3n) is 7.50. The van der Waals surface area contributed by atoms with E-state index in [1.165, 1.54) is 12.1 Å². The van der Waals surface area contributed by atoms with Gasteiger partial charge in [-0.25, -0.2) is 22.8 Å². The Morgan fingerprint density at radius 1 is 1.15 bits per heavy atom. The van der Waals surface area contributed by atoms with Crippen LogP contribution in [0.15, 0.2) is 30.3 Å². The molecule has 0 saturated heterocycles. The van der Waals surface area contributed by atoms with Gasteiger partial charge in [0.05, 0.1) is 17.6 Å². The number of carbonyl (C=O) groups is 1. The van der Waals surface area contributed by atoms with Gasteiger partial charge in [0.2, 0.25) is 10.0 Å². The van der Waals surface area contributed by atoms with Crippen molar-refractivity contribution in [1.82, 2.24) is 19.4 Å². The van der Waals surface area contributed by atoms with Crippen LogP contribution >= 0.6 is 11.6 Å². The van der Waals surface area contributed by atoms with Gasteiger partial charge in [0.1, 0.15) is 23.5 Å². The normalized spacial score (nSPS) is 18.8. The van der Waals surface area contributed by atoms with Crippen molar-refractivity contribution in [3.05, 3.63) is 69.6 Å². The van der Waals surface area contributed by atoms with Gasteiger partial charge in [-0.1, -0.05) is 23.7 Å². The van der Waals surface area contributed by atoms with E-state index in [1.807, 2.05) is 12.1 Å². The molecule has 0 spiro atoms. The number of nitrogens with one attached hydrogen (secondary N) is 1. The van der Waals surface area contributed by atoms with E-state index >= 15 is 4.39 Å². The highest BCUT2D eigenvalue weighted by atomic mass is 35.5. The minimum absolute atomic E-state index is 0.0421. The first kappa shape index (κ1) is 26.1. The van der Waals surface area contributed by atoms with Crippen LogP contribution in [0.1, 0.15) is 66.0 Å². The first-order valence-electron chi connectivity index (χ1n) is 13.1. The molecular weight excluding hydrogens is 545 g/mol. The van der Waals surface area contributed by atoms with Gasteiger partial charge in [0, 0.05) is 31.5 Å². The van der Waals surface area contributed by atoms with Crippen LogP contribution in [-0.4, -0.2) is 53.2 Å². The van der Waals surface area contributed by atoms with Crippen molar-refractivity contribution in [3.63, 3.8) is 0 Å². The van der Waals surface area contributed by atoms with Crippen molar-refractivity contribution in [2.45, 2.75) is 57.0 Å². The van der Waals surface area contributed by atoms with Gasteiger partial charge in [0.15, 0.2) is 17.5 Å². The molecular formula is C27H29ClFN5O4S. The van der Waals surface area contributed by atoms with Gasteiger partial charge >= 0.3 is 0 Å². The molecule has 4 heterocycles. The van der Waals surface area contributed by atoms with Crippen molar-refractivity contribution < 1.29 is 22.3 Å². The topological polar surface area (TPSA) is 106 Å². The molecule has 12 heteroatoms. The summed E-state index contributed by atoms with van der Waals surface area (Å²) in [6.07, 6.45) is 6.68. The largest absolute Gasteiger partial charge is 0.481 e. The van der Waals surface area contributed by atoms with E-state index in [9.17, 15) is 13.2 Å². The molecule has 1 atom stereocenters. The summed E-state index contributed by atoms with van der Waals surface area (Å²) in [5.74, 6) is 0.959. The van der Waals surface area contributed by atoms with E-state index in [0.29, 0.717) is 24.4 Å². The average molecular weight is 574 g/mol. The Morgan fingerprint density at radius 3 is 2.69 bits per heavy atom. The number of rotatable bonds is 7. The predicted octanol–water partition coefficient (Wildman–Crippen LogP) is 4.21. The number of imidazole rings is 1. The number of hydrogen-bond acceptors (Lipinski definition) is 6. The van der Waals surface area contributed by atoms with Crippen molar-refractivity contribution in [1.29, 1.82) is 0 Å². The van der Waals surface area contributed by atoms with E-state index < -0.39 is 16.1 Å². The molecule has 2 aromatic heterocycles. The maximum absolute atomic E-state index is 15.7. The first-order valence-corrected chi connectivity index (χ1v) is 15.4. The minimum atomic E-state index is -3.52. The summed E-state index contributed by atoms with van der Waals surface area (Å²) in [5, 5.41) is -0.0829. The lowest BCUT2D eigenvalue weighted by Gasteiger charge is -2.37. The smallest absolute Gasteiger partial charge is 0.261 e. The number of carbonyl (C=O) groups excluding carboxylic acids is 1. The quantitative estimate of drug-likeness (QED) is 0.424. The van der Waals surface area contributed by atoms with Crippen molar-refractivity contribution in [3.8, 4) is 5.75 Å². The predicted molar refractivity (Wildman–Crippen MR) is 144 cm³/mol. The van der Waals surface area contributed by atoms with Crippen LogP contribution in [0.4, 0.5) is 10.2 Å². The fourth-order valence-electron chi connectivity index (χ4n) is 5.57. The third-order valence-corrected chi connectivity index (χ3v) is 8.35. The highest BCUT2D eigenvalue weighted by Crippen LogP contribution is 2.43. The van der Waals surface area contributed by atoms with Gasteiger partial charge in [-0.2, -0.15) is 0 Å². The summed E-state index contributed by atoms with van der Waals surface area (Å²) < 4.78 is 48.7. The zero-order chi connectivity index (χ0) is 27.3. The SMILES string of the molecule is CS(=O)(=O)Nc1ccc(OCC(=O)N2CCc3nc4n(c3C2c2ccc(C3CC3)cc2F)CCCC4)c(Cl)n1. The summed E-state index contributed by atoms with van der Waals surface area (Å²) >= 11 is 6.19. The van der Waals surface area contributed by atoms with Gasteiger partial charge in [-0.05, 0) is 55.4 Å². The highest BCUT2D eigenvalue weighted by Gasteiger charge is 2.39. The van der Waals surface area contributed by atoms with Crippen LogP contribution in [0, 0.1) is 5.82 Å². The molecule has 0 bridgehead atoms. The van der Waals surface area contributed by atoms with E-state index in [1.54, 1.807) is 11.0 Å². The number of halogens is 2. The maximum atomic E-state index is 15.7. The van der Waals surface area contributed by atoms with E-state index in [4.69, 9.17) is 21.3 Å². The van der Waals surface area contributed by atoms with Crippen LogP contribution < -0.4 is 9.46 Å². The number of nitrogens with zero attached hydrogens (tertiary/aromatic N) is 4. The number of amides is 1. The molecule has 3 aliphatic rings. The number of pyridine rings is 1. The van der Waals surface area contributed by atoms with Gasteiger partial charge in [0.25, 0.3) is 5.91 Å². The second kappa shape index (κ2) is 10.1. The molecule has 1 amide bonds. The molecule has 3 aromatic rings. The molecule has 1 unspecified atom stereocenters. The molecule has 0 radical (unpaired) electrons. The number of ether oxygens (including phenoxy) is 1. The molecule has 1 N–H and O–H groups in total. The van der Waals surface area contributed by atoms with Gasteiger partial charge in [-0.3, -0.25) is 9.52 Å². The summed E-state index contributed by atoms with van der Waals surface area (Å²) in [6, 6.07) is 7.65. The van der Waals surface area contributed by atoms with Crippen LogP contribution in [0.3, 0.4) is 0 Å². The second-order valence-corrected chi connectivity index (χ2v) is 12.5. The molecule has 1 aliphatic carbocycles. The molecule has 6 rings (SSSR count). The summed E-state index contributed by atoms with van der Waals surface area (Å²) in [7, 11) is -3.52. The molecule has 1 saturated carbocycles. The number of anilines is 1. The zero-order valence-electron chi connectivity index (χ0n) is 21.5. The summed E-state index contributed by atoms with van der Waals surface area (Å²) in [6.45, 7) is 0.835. The maximum Gasteiger partial charge on any atom is 0.261 e. The van der Waals surface area contributed by atoms with Crippen molar-refractivity contribution >= 4 is 33.3 Å². The van der Waals surface area contributed by atoms with Crippen LogP contribution in [0.5, 0.6) is 5.75 Å². The van der Waals surface area contributed by atoms with E-state index in [0.717, 1.165) is 67.7 Å². The number of aromatic nitrogens is 3. The third kappa shape index (κ3) is 5.34. The Kier molecular flexibility index (Phi) is 6.74. The van der Waals surface area contributed by atoms with E-state index in [-0.39, 0.29) is 35.1 Å². The van der Waals surface area contributed by atoms with Crippen LogP contribution in [0.25, 0.3) is 0 Å². The first-order chi connectivity index (χ1) is 18.7. The van der Waals surface area contributed by atoms with Gasteiger partial charge in [-0.15, -0.1) is 0 Å². The molecule has 206 valence electrons. The Morgan fingerprint density at radius 2 is 1.97 bits per heavy atom. The number of fused-ring (bicyclic) bond motifs is 3. The molecule has 39 heavy (non-hydrogen) atoms. The summed E-state index contributed by atoms with van der Waals surface area (Å²) in [4.78, 5) is 24.1. The number of benzene rings is 1. The lowest BCUT2D eigenvalue weighted by atomic mass is 9.93. The number of aryl methyl sites for hydroxylation is 1. The second-order valence-electron chi connectivity index (χ2n) is 10.4. The van der Waals surface area contributed by atoms with Crippen molar-refractivity contribution in [2.24, 2.45) is 0 Å². The monoisotopic (exact) mass is 573 g/mol. The van der Waals surface area contributed by atoms with E-state index in [2.05, 4.69) is 14.3 Å². The Hall–Kier alpha value is -3.18. The van der Waals surface area contributed by atoms with Crippen LogP contribution in [0.2, 0.25) is 5.15 Å².